The van der Waals surface area contributed by atoms with Crippen LogP contribution in [0.15, 0.2) is 30.3 Å². The molecule has 130 valence electrons. The molecule has 0 saturated carbocycles. The normalized spacial score (nSPS) is 9.96. The highest BCUT2D eigenvalue weighted by Crippen LogP contribution is 2.27. The molecule has 2 rings (SSSR count). The van der Waals surface area contributed by atoms with Crippen LogP contribution in [-0.4, -0.2) is 12.6 Å². The number of aryl methyl sites for hydroxylation is 2. The highest BCUT2D eigenvalue weighted by Gasteiger charge is 2.10. The van der Waals surface area contributed by atoms with Crippen molar-refractivity contribution in [2.45, 2.75) is 34.2 Å². The third kappa shape index (κ3) is 5.42. The second-order valence-corrected chi connectivity index (χ2v) is 5.35. The van der Waals surface area contributed by atoms with E-state index in [4.69, 9.17) is 5.73 Å². The summed E-state index contributed by atoms with van der Waals surface area (Å²) in [5.74, 6) is -0.743. The molecule has 0 aliphatic carbocycles. The van der Waals surface area contributed by atoms with Crippen LogP contribution in [0.4, 0.5) is 8.78 Å². The molecule has 0 bridgehead atoms. The summed E-state index contributed by atoms with van der Waals surface area (Å²) in [7, 11) is 0. The molecule has 0 unspecified atom stereocenters. The largest absolute Gasteiger partial charge is 0.466 e. The molecule has 0 aliphatic rings. The van der Waals surface area contributed by atoms with E-state index < -0.39 is 0 Å². The van der Waals surface area contributed by atoms with Crippen LogP contribution in [0, 0.1) is 25.5 Å². The Morgan fingerprint density at radius 2 is 1.79 bits per heavy atom. The SMILES string of the molecule is CCOC(C)=O.Cc1cc(F)ccc1-c1cc(C)c(F)c(CN)c1. The second kappa shape index (κ2) is 9.13. The summed E-state index contributed by atoms with van der Waals surface area (Å²) >= 11 is 0. The predicted octanol–water partition coefficient (Wildman–Crippen LogP) is 4.28. The van der Waals surface area contributed by atoms with Crippen molar-refractivity contribution < 1.29 is 18.3 Å². The number of rotatable bonds is 3. The van der Waals surface area contributed by atoms with Crippen LogP contribution in [0.1, 0.15) is 30.5 Å². The van der Waals surface area contributed by atoms with Gasteiger partial charge in [-0.15, -0.1) is 0 Å². The van der Waals surface area contributed by atoms with Gasteiger partial charge in [0.2, 0.25) is 0 Å². The number of benzene rings is 2. The van der Waals surface area contributed by atoms with Gasteiger partial charge in [-0.25, -0.2) is 8.78 Å². The first-order chi connectivity index (χ1) is 11.3. The molecule has 0 aliphatic heterocycles. The number of esters is 1. The third-order valence-corrected chi connectivity index (χ3v) is 3.40. The van der Waals surface area contributed by atoms with Crippen LogP contribution in [0.5, 0.6) is 0 Å². The second-order valence-electron chi connectivity index (χ2n) is 5.35. The number of carbonyl (C=O) groups excluding carboxylic acids is 1. The van der Waals surface area contributed by atoms with Gasteiger partial charge in [-0.3, -0.25) is 4.79 Å². The van der Waals surface area contributed by atoms with Crippen LogP contribution in [0.2, 0.25) is 0 Å². The third-order valence-electron chi connectivity index (χ3n) is 3.40. The van der Waals surface area contributed by atoms with E-state index in [2.05, 4.69) is 4.74 Å². The van der Waals surface area contributed by atoms with Gasteiger partial charge in [0.25, 0.3) is 0 Å². The Hall–Kier alpha value is -2.27. The lowest BCUT2D eigenvalue weighted by atomic mass is 9.96. The molecular formula is C19H23F2NO2. The molecule has 2 aromatic rings. The Kier molecular flexibility index (Phi) is 7.52. The smallest absolute Gasteiger partial charge is 0.302 e. The zero-order chi connectivity index (χ0) is 18.3. The van der Waals surface area contributed by atoms with E-state index in [1.165, 1.54) is 19.1 Å². The summed E-state index contributed by atoms with van der Waals surface area (Å²) in [4.78, 5) is 9.82. The van der Waals surface area contributed by atoms with Gasteiger partial charge in [0, 0.05) is 19.0 Å². The molecule has 0 atom stereocenters. The van der Waals surface area contributed by atoms with E-state index in [1.54, 1.807) is 32.0 Å². The van der Waals surface area contributed by atoms with Gasteiger partial charge < -0.3 is 10.5 Å². The highest BCUT2D eigenvalue weighted by molar-refractivity contribution is 5.68. The first-order valence-electron chi connectivity index (χ1n) is 7.69. The van der Waals surface area contributed by atoms with Crippen molar-refractivity contribution in [3.63, 3.8) is 0 Å². The van der Waals surface area contributed by atoms with Gasteiger partial charge in [-0.1, -0.05) is 6.07 Å². The molecule has 24 heavy (non-hydrogen) atoms. The van der Waals surface area contributed by atoms with Gasteiger partial charge in [0.15, 0.2) is 0 Å². The lowest BCUT2D eigenvalue weighted by Crippen LogP contribution is -2.02. The Labute approximate surface area is 141 Å². The topological polar surface area (TPSA) is 52.3 Å². The number of ether oxygens (including phenoxy) is 1. The average Bonchev–Trinajstić information content (AvgIpc) is 2.50. The van der Waals surface area contributed by atoms with Crippen molar-refractivity contribution >= 4 is 5.97 Å². The minimum Gasteiger partial charge on any atom is -0.466 e. The van der Waals surface area contributed by atoms with Crippen molar-refractivity contribution in [3.05, 3.63) is 58.7 Å². The van der Waals surface area contributed by atoms with Crippen LogP contribution >= 0.6 is 0 Å². The fraction of sp³-hybridized carbons (Fsp3) is 0.316. The molecule has 0 fully saturated rings. The lowest BCUT2D eigenvalue weighted by molar-refractivity contribution is -0.140. The predicted molar refractivity (Wildman–Crippen MR) is 91.5 cm³/mol. The van der Waals surface area contributed by atoms with Crippen molar-refractivity contribution in [3.8, 4) is 11.1 Å². The molecule has 3 nitrogen and oxygen atoms in total. The monoisotopic (exact) mass is 335 g/mol. The maximum Gasteiger partial charge on any atom is 0.302 e. The summed E-state index contributed by atoms with van der Waals surface area (Å²) in [5, 5.41) is 0. The number of nitrogens with two attached hydrogens (primary N) is 1. The van der Waals surface area contributed by atoms with Crippen LogP contribution in [0.25, 0.3) is 11.1 Å². The van der Waals surface area contributed by atoms with E-state index in [0.29, 0.717) is 17.7 Å². The molecule has 5 heteroatoms. The minimum atomic E-state index is -0.269. The summed E-state index contributed by atoms with van der Waals surface area (Å²) in [5.41, 5.74) is 9.15. The Morgan fingerprint density at radius 1 is 1.12 bits per heavy atom. The van der Waals surface area contributed by atoms with Crippen LogP contribution < -0.4 is 5.73 Å². The first kappa shape index (κ1) is 19.8. The van der Waals surface area contributed by atoms with Crippen molar-refractivity contribution in [1.29, 1.82) is 0 Å². The fourth-order valence-corrected chi connectivity index (χ4v) is 2.30. The van der Waals surface area contributed by atoms with Gasteiger partial charge in [0.05, 0.1) is 6.61 Å². The van der Waals surface area contributed by atoms with Crippen LogP contribution in [0.3, 0.4) is 0 Å². The Morgan fingerprint density at radius 3 is 2.25 bits per heavy atom. The lowest BCUT2D eigenvalue weighted by Gasteiger charge is -2.11. The number of hydrogen-bond donors (Lipinski definition) is 1. The summed E-state index contributed by atoms with van der Waals surface area (Å²) in [6.45, 7) is 7.34. The van der Waals surface area contributed by atoms with E-state index in [-0.39, 0.29) is 24.1 Å². The average molecular weight is 335 g/mol. The van der Waals surface area contributed by atoms with E-state index >= 15 is 0 Å². The maximum absolute atomic E-state index is 13.7. The van der Waals surface area contributed by atoms with Gasteiger partial charge >= 0.3 is 5.97 Å². The summed E-state index contributed by atoms with van der Waals surface area (Å²) in [6, 6.07) is 8.06. The van der Waals surface area contributed by atoms with Crippen LogP contribution in [-0.2, 0) is 16.1 Å². The molecule has 0 saturated heterocycles. The Bertz CT molecular complexity index is 715. The summed E-state index contributed by atoms with van der Waals surface area (Å²) in [6.07, 6.45) is 0. The van der Waals surface area contributed by atoms with Crippen molar-refractivity contribution in [2.75, 3.05) is 6.61 Å². The molecule has 2 aromatic carbocycles. The molecule has 2 N–H and O–H groups in total. The van der Waals surface area contributed by atoms with E-state index in [1.807, 2.05) is 6.92 Å². The van der Waals surface area contributed by atoms with Crippen molar-refractivity contribution in [1.82, 2.24) is 0 Å². The van der Waals surface area contributed by atoms with E-state index in [0.717, 1.165) is 16.7 Å². The quantitative estimate of drug-likeness (QED) is 0.852. The number of hydrogen-bond acceptors (Lipinski definition) is 3. The Balaban J connectivity index is 0.000000413. The number of carbonyl (C=O) groups is 1. The highest BCUT2D eigenvalue weighted by atomic mass is 19.1. The minimum absolute atomic E-state index is 0.154. The first-order valence-corrected chi connectivity index (χ1v) is 7.69. The fourth-order valence-electron chi connectivity index (χ4n) is 2.30. The van der Waals surface area contributed by atoms with Gasteiger partial charge in [-0.05, 0) is 67.3 Å². The molecular weight excluding hydrogens is 312 g/mol. The molecule has 0 radical (unpaired) electrons. The maximum atomic E-state index is 13.7. The zero-order valence-corrected chi connectivity index (χ0v) is 14.5. The van der Waals surface area contributed by atoms with Crippen molar-refractivity contribution in [2.24, 2.45) is 5.73 Å². The molecule has 0 heterocycles. The molecule has 0 spiro atoms. The number of halogens is 2. The summed E-state index contributed by atoms with van der Waals surface area (Å²) < 4.78 is 31.2. The van der Waals surface area contributed by atoms with Gasteiger partial charge in [-0.2, -0.15) is 0 Å². The molecule has 0 amide bonds. The zero-order valence-electron chi connectivity index (χ0n) is 14.5. The van der Waals surface area contributed by atoms with Gasteiger partial charge in [0.1, 0.15) is 11.6 Å². The molecule has 0 aromatic heterocycles. The standard InChI is InChI=1S/C15H15F2N.C4H8O2/c1-9-6-13(16)3-4-14(9)11-5-10(2)15(17)12(7-11)8-18;1-3-6-4(2)5/h3-7H,8,18H2,1-2H3;3H2,1-2H3. The van der Waals surface area contributed by atoms with E-state index in [9.17, 15) is 13.6 Å².